The fourth-order valence-corrected chi connectivity index (χ4v) is 7.55. The van der Waals surface area contributed by atoms with E-state index in [4.69, 9.17) is 9.05 Å². The van der Waals surface area contributed by atoms with Gasteiger partial charge in [-0.2, -0.15) is 0 Å². The third kappa shape index (κ3) is 25.6. The highest BCUT2D eigenvalue weighted by molar-refractivity contribution is 7.45. The van der Waals surface area contributed by atoms with Crippen molar-refractivity contribution < 1.29 is 48.2 Å². The van der Waals surface area contributed by atoms with Crippen molar-refractivity contribution in [2.45, 2.75) is 179 Å². The molecule has 1 amide bonds. The Morgan fingerprint density at radius 2 is 1.38 bits per heavy atom. The first-order valence-electron chi connectivity index (χ1n) is 20.9. The Bertz CT molecular complexity index is 1040. The highest BCUT2D eigenvalue weighted by atomic mass is 31.2. The molecule has 1 saturated carbocycles. The number of nitrogens with one attached hydrogen (secondary N) is 1. The molecule has 0 aromatic heterocycles. The third-order valence-electron chi connectivity index (χ3n) is 10.3. The van der Waals surface area contributed by atoms with Crippen LogP contribution in [-0.2, 0) is 18.4 Å². The predicted molar refractivity (Wildman–Crippen MR) is 212 cm³/mol. The molecule has 312 valence electrons. The molecule has 8 atom stereocenters. The van der Waals surface area contributed by atoms with E-state index in [9.17, 15) is 34.7 Å². The van der Waals surface area contributed by atoms with Crippen LogP contribution >= 0.6 is 7.82 Å². The Morgan fingerprint density at radius 1 is 0.830 bits per heavy atom. The number of allylic oxidation sites excluding steroid dienone is 1. The van der Waals surface area contributed by atoms with E-state index < -0.39 is 50.8 Å². The molecule has 12 heteroatoms. The Morgan fingerprint density at radius 3 is 1.96 bits per heavy atom. The van der Waals surface area contributed by atoms with Gasteiger partial charge >= 0.3 is 0 Å². The largest absolute Gasteiger partial charge is 0.756 e. The van der Waals surface area contributed by atoms with E-state index in [1.165, 1.54) is 57.8 Å². The molecule has 0 radical (unpaired) electrons. The van der Waals surface area contributed by atoms with Crippen LogP contribution < -0.4 is 10.2 Å². The summed E-state index contributed by atoms with van der Waals surface area (Å²) in [5.41, 5.74) is 0. The number of amides is 1. The number of aliphatic hydroxyl groups excluding tert-OH is 4. The molecule has 1 rings (SSSR count). The van der Waals surface area contributed by atoms with Gasteiger partial charge < -0.3 is 44.2 Å². The van der Waals surface area contributed by atoms with Crippen LogP contribution in [0.3, 0.4) is 0 Å². The summed E-state index contributed by atoms with van der Waals surface area (Å²) in [7, 11) is 1.11. The number of quaternary nitrogens is 1. The monoisotopic (exact) mass is 775 g/mol. The number of carbonyl (C=O) groups excluding carboxylic acids is 1. The van der Waals surface area contributed by atoms with Crippen molar-refractivity contribution in [2.75, 3.05) is 40.9 Å². The second-order valence-electron chi connectivity index (χ2n) is 16.3. The summed E-state index contributed by atoms with van der Waals surface area (Å²) in [5, 5.41) is 45.2. The highest BCUT2D eigenvalue weighted by Crippen LogP contribution is 2.39. The van der Waals surface area contributed by atoms with Gasteiger partial charge in [0.25, 0.3) is 7.82 Å². The van der Waals surface area contributed by atoms with Crippen LogP contribution in [0.5, 0.6) is 0 Å². The summed E-state index contributed by atoms with van der Waals surface area (Å²) >= 11 is 0. The number of nitrogens with zero attached hydrogens (tertiary/aromatic N) is 1. The van der Waals surface area contributed by atoms with E-state index >= 15 is 0 Å². The minimum absolute atomic E-state index is 0.0149. The van der Waals surface area contributed by atoms with Crippen molar-refractivity contribution in [1.29, 1.82) is 0 Å². The molecule has 53 heavy (non-hydrogen) atoms. The third-order valence-corrected chi connectivity index (χ3v) is 11.3. The Kier molecular flexibility index (Phi) is 27.4. The molecule has 0 bridgehead atoms. The maximum absolute atomic E-state index is 13.0. The fraction of sp³-hybridized carbons (Fsp3) is 0.878. The smallest absolute Gasteiger partial charge is 0.268 e. The lowest BCUT2D eigenvalue weighted by atomic mass is 9.89. The van der Waals surface area contributed by atoms with Gasteiger partial charge in [-0.3, -0.25) is 9.36 Å². The van der Waals surface area contributed by atoms with E-state index in [0.29, 0.717) is 30.3 Å². The standard InChI is InChI=1S/C41H79N2O9P/c1-6-8-10-11-12-13-14-15-16-17-18-19-21-26-38(45)37(33-52-53(49,50)51-31-30-43(3,4)5)42-41(48)27-23-22-25-35-36(40(47)32-39(35)46)29-28-34(44)24-20-9-7-2/h22-23,28-29,34-40,44-47H,6-21,24-27,30-33H2,1-5H3,(H-,42,48,49,50)/b23-22-,29-28+/t34-,35+,36-,37+,38-,39+,40-/m1/s1. The predicted octanol–water partition coefficient (Wildman–Crippen LogP) is 6.71. The average Bonchev–Trinajstić information content (AvgIpc) is 3.36. The zero-order chi connectivity index (χ0) is 39.5. The molecule has 1 aliphatic rings. The summed E-state index contributed by atoms with van der Waals surface area (Å²) in [6, 6.07) is -0.942. The van der Waals surface area contributed by atoms with E-state index in [1.807, 2.05) is 27.2 Å². The summed E-state index contributed by atoms with van der Waals surface area (Å²) in [4.78, 5) is 25.5. The number of phosphoric ester groups is 1. The first-order chi connectivity index (χ1) is 25.2. The number of hydrogen-bond donors (Lipinski definition) is 5. The maximum atomic E-state index is 13.0. The zero-order valence-corrected chi connectivity index (χ0v) is 34.9. The van der Waals surface area contributed by atoms with Gasteiger partial charge in [0.2, 0.25) is 5.91 Å². The van der Waals surface area contributed by atoms with E-state index in [0.717, 1.165) is 44.9 Å². The second kappa shape index (κ2) is 29.1. The van der Waals surface area contributed by atoms with Gasteiger partial charge in [-0.05, 0) is 25.2 Å². The van der Waals surface area contributed by atoms with E-state index in [-0.39, 0.29) is 31.3 Å². The van der Waals surface area contributed by atoms with Crippen molar-refractivity contribution in [1.82, 2.24) is 5.32 Å². The van der Waals surface area contributed by atoms with Gasteiger partial charge in [0.15, 0.2) is 0 Å². The number of phosphoric acid groups is 1. The molecular weight excluding hydrogens is 695 g/mol. The molecule has 0 spiro atoms. The van der Waals surface area contributed by atoms with Crippen LogP contribution in [0.4, 0.5) is 0 Å². The summed E-state index contributed by atoms with van der Waals surface area (Å²) in [6.45, 7) is 4.32. The number of carbonyl (C=O) groups is 1. The minimum Gasteiger partial charge on any atom is -0.756 e. The minimum atomic E-state index is -4.65. The van der Waals surface area contributed by atoms with E-state index in [2.05, 4.69) is 19.2 Å². The van der Waals surface area contributed by atoms with Gasteiger partial charge in [0, 0.05) is 18.8 Å². The molecule has 0 aliphatic heterocycles. The number of hydrogen-bond acceptors (Lipinski definition) is 9. The molecule has 1 aliphatic carbocycles. The highest BCUT2D eigenvalue weighted by Gasteiger charge is 2.39. The van der Waals surface area contributed by atoms with E-state index in [1.54, 1.807) is 18.2 Å². The summed E-state index contributed by atoms with van der Waals surface area (Å²) in [6.07, 6.45) is 24.4. The molecule has 1 unspecified atom stereocenters. The van der Waals surface area contributed by atoms with Crippen LogP contribution in [0, 0.1) is 11.8 Å². The normalized spacial score (nSPS) is 22.4. The van der Waals surface area contributed by atoms with Gasteiger partial charge in [0.05, 0.1) is 58.2 Å². The van der Waals surface area contributed by atoms with Gasteiger partial charge in [-0.25, -0.2) is 0 Å². The lowest BCUT2D eigenvalue weighted by Crippen LogP contribution is -2.46. The topological polar surface area (TPSA) is 169 Å². The Hall–Kier alpha value is -1.14. The molecular formula is C41H79N2O9P. The van der Waals surface area contributed by atoms with Gasteiger partial charge in [-0.15, -0.1) is 0 Å². The number of likely N-dealkylation sites (N-methyl/N-ethyl adjacent to an activating group) is 1. The maximum Gasteiger partial charge on any atom is 0.268 e. The number of unbranched alkanes of at least 4 members (excludes halogenated alkanes) is 14. The van der Waals surface area contributed by atoms with Crippen LogP contribution in [0.25, 0.3) is 0 Å². The quantitative estimate of drug-likeness (QED) is 0.0211. The summed E-state index contributed by atoms with van der Waals surface area (Å²) in [5.74, 6) is -0.960. The Labute approximate surface area is 322 Å². The van der Waals surface area contributed by atoms with Crippen molar-refractivity contribution >= 4 is 13.7 Å². The lowest BCUT2D eigenvalue weighted by molar-refractivity contribution is -0.870. The molecule has 5 N–H and O–H groups in total. The average molecular weight is 775 g/mol. The first-order valence-corrected chi connectivity index (χ1v) is 22.4. The van der Waals surface area contributed by atoms with Crippen molar-refractivity contribution in [3.63, 3.8) is 0 Å². The molecule has 0 heterocycles. The molecule has 0 aromatic carbocycles. The van der Waals surface area contributed by atoms with Crippen molar-refractivity contribution in [3.8, 4) is 0 Å². The second-order valence-corrected chi connectivity index (χ2v) is 17.7. The Balaban J connectivity index is 2.64. The molecule has 1 fully saturated rings. The van der Waals surface area contributed by atoms with Crippen molar-refractivity contribution in [2.24, 2.45) is 11.8 Å². The van der Waals surface area contributed by atoms with Gasteiger partial charge in [0.1, 0.15) is 13.2 Å². The first kappa shape index (κ1) is 49.9. The molecule has 11 nitrogen and oxygen atoms in total. The summed E-state index contributed by atoms with van der Waals surface area (Å²) < 4.78 is 23.2. The van der Waals surface area contributed by atoms with Gasteiger partial charge in [-0.1, -0.05) is 141 Å². The molecule has 0 saturated heterocycles. The van der Waals surface area contributed by atoms with Crippen LogP contribution in [0.15, 0.2) is 24.3 Å². The molecule has 0 aromatic rings. The van der Waals surface area contributed by atoms with Crippen LogP contribution in [0.2, 0.25) is 0 Å². The van der Waals surface area contributed by atoms with Crippen molar-refractivity contribution in [3.05, 3.63) is 24.3 Å². The van der Waals surface area contributed by atoms with Crippen LogP contribution in [-0.4, -0.2) is 102 Å². The number of rotatable bonds is 33. The number of aliphatic hydroxyl groups is 4. The lowest BCUT2D eigenvalue weighted by Gasteiger charge is -2.30. The SMILES string of the molecule is CCCCCCCCCCCCCCC[C@@H](O)[C@H](COP(=O)([O-])OCC[N+](C)(C)C)NC(=O)C/C=C\C[C@H]1[C@@H](/C=C/[C@H](O)CCCCC)[C@H](O)C[C@@H]1O. The zero-order valence-electron chi connectivity index (χ0n) is 34.0. The van der Waals surface area contributed by atoms with Crippen LogP contribution in [0.1, 0.15) is 149 Å². The fourth-order valence-electron chi connectivity index (χ4n) is 6.83.